The Kier molecular flexibility index (Phi) is 7.59. The number of carbonyl (C=O) groups excluding carboxylic acids is 1. The number of aromatic nitrogens is 3. The number of hydrogen-bond acceptors (Lipinski definition) is 8. The van der Waals surface area contributed by atoms with Crippen molar-refractivity contribution in [2.75, 3.05) is 44.2 Å². The number of ketones is 1. The number of carbonyl (C=O) groups is 1. The Labute approximate surface area is 208 Å². The number of hydrogen-bond donors (Lipinski definition) is 1. The smallest absolute Gasteiger partial charge is 0.178 e. The first kappa shape index (κ1) is 24.7. The highest BCUT2D eigenvalue weighted by Crippen LogP contribution is 2.25. The zero-order chi connectivity index (χ0) is 24.3. The summed E-state index contributed by atoms with van der Waals surface area (Å²) in [5.41, 5.74) is 2.67. The minimum Gasteiger partial charge on any atom is -0.633 e. The Bertz CT molecular complexity index is 1160. The molecule has 0 saturated carbocycles. The summed E-state index contributed by atoms with van der Waals surface area (Å²) in [6, 6.07) is 7.56. The lowest BCUT2D eigenvalue weighted by Crippen LogP contribution is -2.57. The summed E-state index contributed by atoms with van der Waals surface area (Å²) < 4.78 is -0.367. The van der Waals surface area contributed by atoms with Gasteiger partial charge in [-0.05, 0) is 31.0 Å². The summed E-state index contributed by atoms with van der Waals surface area (Å²) in [6.45, 7) is 5.92. The first-order valence-corrected chi connectivity index (χ1v) is 12.4. The molecule has 0 amide bonds. The number of quaternary nitrogens is 1. The van der Waals surface area contributed by atoms with Crippen LogP contribution in [0.4, 0.5) is 5.82 Å². The highest BCUT2D eigenvalue weighted by atomic mass is 35.5. The van der Waals surface area contributed by atoms with Crippen LogP contribution in [-0.2, 0) is 12.8 Å². The van der Waals surface area contributed by atoms with E-state index in [0.29, 0.717) is 48.3 Å². The predicted octanol–water partition coefficient (Wildman–Crippen LogP) is 3.35. The molecule has 0 unspecified atom stereocenters. The minimum atomic E-state index is -0.367. The third-order valence-electron chi connectivity index (χ3n) is 6.11. The van der Waals surface area contributed by atoms with Gasteiger partial charge in [-0.1, -0.05) is 23.7 Å². The number of nitrogens with zero attached hydrogens (tertiary/aromatic N) is 5. The van der Waals surface area contributed by atoms with Crippen LogP contribution in [-0.4, -0.2) is 69.8 Å². The number of aliphatic hydroxyl groups is 1. The third kappa shape index (κ3) is 5.79. The van der Waals surface area contributed by atoms with Crippen molar-refractivity contribution in [2.24, 2.45) is 0 Å². The van der Waals surface area contributed by atoms with Crippen LogP contribution in [0.15, 0.2) is 30.5 Å². The molecule has 10 heteroatoms. The van der Waals surface area contributed by atoms with Crippen molar-refractivity contribution >= 4 is 34.5 Å². The number of anilines is 1. The summed E-state index contributed by atoms with van der Waals surface area (Å²) >= 11 is 7.66. The standard InChI is InChI=1S/C24H28ClN5O3S/c1-16-4-3-5-20(25)19(16)14-21(32)22-15-26-24(34-22)13-18-12-23(28-17(2)27-18)29-6-8-30(33,9-7-29)10-11-31/h3-5,12,15,31H,6-11,13-14H2,1-2H3. The Morgan fingerprint density at radius 2 is 2.03 bits per heavy atom. The van der Waals surface area contributed by atoms with Gasteiger partial charge in [0.1, 0.15) is 18.2 Å². The summed E-state index contributed by atoms with van der Waals surface area (Å²) in [5.74, 6) is 1.44. The molecule has 3 heterocycles. The van der Waals surface area contributed by atoms with E-state index in [-0.39, 0.29) is 30.0 Å². The van der Waals surface area contributed by atoms with Crippen LogP contribution >= 0.6 is 22.9 Å². The first-order valence-electron chi connectivity index (χ1n) is 11.3. The van der Waals surface area contributed by atoms with Crippen LogP contribution in [0.3, 0.4) is 0 Å². The Morgan fingerprint density at radius 3 is 2.74 bits per heavy atom. The molecule has 0 radical (unpaired) electrons. The Morgan fingerprint density at radius 1 is 1.26 bits per heavy atom. The van der Waals surface area contributed by atoms with Gasteiger partial charge >= 0.3 is 0 Å². The van der Waals surface area contributed by atoms with Crippen LogP contribution in [0.1, 0.15) is 37.3 Å². The Hall–Kier alpha value is -2.43. The molecule has 2 aromatic heterocycles. The number of halogens is 1. The highest BCUT2D eigenvalue weighted by Gasteiger charge is 2.26. The molecule has 34 heavy (non-hydrogen) atoms. The second-order valence-corrected chi connectivity index (χ2v) is 10.2. The molecule has 180 valence electrons. The molecule has 1 aliphatic rings. The maximum atomic E-state index is 12.8. The topological polar surface area (TPSA) is 102 Å². The summed E-state index contributed by atoms with van der Waals surface area (Å²) in [4.78, 5) is 29.1. The van der Waals surface area contributed by atoms with Crippen LogP contribution in [0.2, 0.25) is 5.02 Å². The van der Waals surface area contributed by atoms with Crippen molar-refractivity contribution in [2.45, 2.75) is 26.7 Å². The number of rotatable bonds is 8. The predicted molar refractivity (Wildman–Crippen MR) is 133 cm³/mol. The second kappa shape index (κ2) is 10.5. The van der Waals surface area contributed by atoms with E-state index in [2.05, 4.69) is 19.9 Å². The lowest BCUT2D eigenvalue weighted by Gasteiger charge is -2.48. The van der Waals surface area contributed by atoms with E-state index < -0.39 is 0 Å². The van der Waals surface area contributed by atoms with Gasteiger partial charge in [0, 0.05) is 30.1 Å². The number of benzene rings is 1. The highest BCUT2D eigenvalue weighted by molar-refractivity contribution is 7.13. The number of thiazole rings is 1. The lowest BCUT2D eigenvalue weighted by atomic mass is 10.0. The Balaban J connectivity index is 1.44. The van der Waals surface area contributed by atoms with E-state index >= 15 is 0 Å². The fourth-order valence-electron chi connectivity index (χ4n) is 4.14. The number of aliphatic hydroxyl groups excluding tert-OH is 1. The number of Topliss-reactive ketones (excluding diaryl/α,β-unsaturated/α-hetero) is 1. The normalized spacial score (nSPS) is 15.5. The van der Waals surface area contributed by atoms with Crippen molar-refractivity contribution in [1.29, 1.82) is 0 Å². The van der Waals surface area contributed by atoms with E-state index in [1.165, 1.54) is 11.3 Å². The quantitative estimate of drug-likeness (QED) is 0.287. The average Bonchev–Trinajstić information content (AvgIpc) is 3.25. The molecule has 0 spiro atoms. The van der Waals surface area contributed by atoms with Gasteiger partial charge < -0.3 is 19.9 Å². The SMILES string of the molecule is Cc1nc(Cc2ncc(C(=O)Cc3c(C)cccc3Cl)s2)cc(N2CC[N+]([O-])(CCO)CC2)n1. The number of hydroxylamine groups is 3. The minimum absolute atomic E-state index is 0.00470. The number of aryl methyl sites for hydroxylation is 2. The lowest BCUT2D eigenvalue weighted by molar-refractivity contribution is -0.881. The van der Waals surface area contributed by atoms with Gasteiger partial charge in [-0.2, -0.15) is 0 Å². The zero-order valence-electron chi connectivity index (χ0n) is 19.3. The third-order valence-corrected chi connectivity index (χ3v) is 7.51. The fraction of sp³-hybridized carbons (Fsp3) is 0.417. The molecule has 1 fully saturated rings. The van der Waals surface area contributed by atoms with Crippen LogP contribution < -0.4 is 4.90 Å². The van der Waals surface area contributed by atoms with Crippen LogP contribution in [0.25, 0.3) is 0 Å². The van der Waals surface area contributed by atoms with E-state index in [1.807, 2.05) is 32.0 Å². The largest absolute Gasteiger partial charge is 0.633 e. The van der Waals surface area contributed by atoms with Gasteiger partial charge in [0.2, 0.25) is 0 Å². The molecule has 1 N–H and O–H groups in total. The van der Waals surface area contributed by atoms with E-state index in [0.717, 1.165) is 27.6 Å². The van der Waals surface area contributed by atoms with Gasteiger partial charge in [-0.25, -0.2) is 15.0 Å². The monoisotopic (exact) mass is 501 g/mol. The fourth-order valence-corrected chi connectivity index (χ4v) is 5.30. The van der Waals surface area contributed by atoms with Gasteiger partial charge in [0.25, 0.3) is 0 Å². The molecule has 8 nitrogen and oxygen atoms in total. The molecule has 3 aromatic rings. The molecule has 0 atom stereocenters. The summed E-state index contributed by atoms with van der Waals surface area (Å²) in [6.07, 6.45) is 2.37. The molecule has 4 rings (SSSR count). The molecule has 0 bridgehead atoms. The van der Waals surface area contributed by atoms with Gasteiger partial charge in [0.05, 0.1) is 48.4 Å². The first-order chi connectivity index (χ1) is 16.3. The molecule has 1 aromatic carbocycles. The summed E-state index contributed by atoms with van der Waals surface area (Å²) in [7, 11) is 0. The van der Waals surface area contributed by atoms with Gasteiger partial charge in [-0.15, -0.1) is 11.3 Å². The van der Waals surface area contributed by atoms with E-state index in [9.17, 15) is 10.0 Å². The second-order valence-electron chi connectivity index (χ2n) is 8.63. The van der Waals surface area contributed by atoms with Gasteiger partial charge in [0.15, 0.2) is 5.78 Å². The van der Waals surface area contributed by atoms with Crippen molar-refractivity contribution in [3.63, 3.8) is 0 Å². The maximum Gasteiger partial charge on any atom is 0.178 e. The van der Waals surface area contributed by atoms with Crippen molar-refractivity contribution < 1.29 is 14.5 Å². The molecular formula is C24H28ClN5O3S. The van der Waals surface area contributed by atoms with Crippen molar-refractivity contribution in [1.82, 2.24) is 15.0 Å². The molecule has 1 saturated heterocycles. The van der Waals surface area contributed by atoms with Crippen molar-refractivity contribution in [3.8, 4) is 0 Å². The van der Waals surface area contributed by atoms with Crippen LogP contribution in [0, 0.1) is 19.1 Å². The zero-order valence-corrected chi connectivity index (χ0v) is 20.9. The molecular weight excluding hydrogens is 474 g/mol. The average molecular weight is 502 g/mol. The van der Waals surface area contributed by atoms with Gasteiger partial charge in [-0.3, -0.25) is 4.79 Å². The molecule has 0 aliphatic carbocycles. The van der Waals surface area contributed by atoms with Crippen molar-refractivity contribution in [3.05, 3.63) is 73.2 Å². The van der Waals surface area contributed by atoms with Crippen LogP contribution in [0.5, 0.6) is 0 Å². The summed E-state index contributed by atoms with van der Waals surface area (Å²) in [5, 5.41) is 23.1. The number of piperazine rings is 1. The maximum absolute atomic E-state index is 12.8. The molecule has 1 aliphatic heterocycles. The van der Waals surface area contributed by atoms with E-state index in [1.54, 1.807) is 12.3 Å². The van der Waals surface area contributed by atoms with E-state index in [4.69, 9.17) is 16.7 Å².